The number of imidazole rings is 2. The summed E-state index contributed by atoms with van der Waals surface area (Å²) in [7, 11) is 3.24. The number of nitrogens with zero attached hydrogens (tertiary/aromatic N) is 4. The van der Waals surface area contributed by atoms with Gasteiger partial charge in [0.2, 0.25) is 23.6 Å². The largest absolute Gasteiger partial charge is 0.497 e. The molecule has 0 bridgehead atoms. The molecule has 2 unspecified atom stereocenters. The first-order chi connectivity index (χ1) is 38.6. The highest BCUT2D eigenvalue weighted by Gasteiger charge is 2.51. The molecule has 3 aliphatic rings. The maximum Gasteiger partial charge on any atom is 0.245 e. The van der Waals surface area contributed by atoms with Crippen molar-refractivity contribution in [1.82, 2.24) is 40.4 Å². The maximum absolute atomic E-state index is 13.9. The summed E-state index contributed by atoms with van der Waals surface area (Å²) in [5.41, 5.74) is 10.1. The molecule has 1 aliphatic carbocycles. The molecular weight excluding hydrogens is 1010 g/mol. The Balaban J connectivity index is 0.000000210. The van der Waals surface area contributed by atoms with Gasteiger partial charge in [0.15, 0.2) is 0 Å². The molecule has 2 atom stereocenters. The Kier molecular flexibility index (Phi) is 19.8. The Hall–Kier alpha value is -7.56. The summed E-state index contributed by atoms with van der Waals surface area (Å²) in [4.78, 5) is 72.1. The Morgan fingerprint density at radius 1 is 0.625 bits per heavy atom. The fourth-order valence-corrected chi connectivity index (χ4v) is 10.7. The molecule has 6 aromatic rings. The average Bonchev–Trinajstić information content (AvgIpc) is 4.08. The lowest BCUT2D eigenvalue weighted by Crippen LogP contribution is -2.66. The molecule has 1 saturated carbocycles. The first-order valence-electron chi connectivity index (χ1n) is 28.0. The molecular formula is C64H80N8O8. The third-order valence-corrected chi connectivity index (χ3v) is 15.9. The number of methoxy groups -OCH3 is 2. The fraction of sp³-hybridized carbons (Fsp3) is 0.438. The minimum atomic E-state index is -0.700. The number of allylic oxidation sites excluding steroid dienone is 1. The SMILES string of the molecule is COc1ccc(CC(NC(=O)CCc2nc[nH]c2C)C(=O)N2CC(OCC3CCC3)(c3ccccc3C)C2)cc1.COc1ccc(CC(NC(=O)CCc2nc[nH]c2C)C(=O)N2CC(OCC=C(C)C)(c3ccccc3C)C2)cc1. The van der Waals surface area contributed by atoms with Gasteiger partial charge in [-0.25, -0.2) is 9.97 Å². The van der Waals surface area contributed by atoms with Gasteiger partial charge in [-0.3, -0.25) is 19.2 Å². The average molecular weight is 1090 g/mol. The third kappa shape index (κ3) is 14.8. The normalized spacial score (nSPS) is 15.8. The van der Waals surface area contributed by atoms with Crippen LogP contribution < -0.4 is 20.1 Å². The van der Waals surface area contributed by atoms with E-state index >= 15 is 0 Å². The van der Waals surface area contributed by atoms with E-state index in [1.807, 2.05) is 105 Å². The fourth-order valence-electron chi connectivity index (χ4n) is 10.7. The summed E-state index contributed by atoms with van der Waals surface area (Å²) in [5, 5.41) is 6.04. The van der Waals surface area contributed by atoms with E-state index in [1.54, 1.807) is 31.8 Å². The summed E-state index contributed by atoms with van der Waals surface area (Å²) < 4.78 is 23.6. The van der Waals surface area contributed by atoms with E-state index < -0.39 is 23.3 Å². The number of aromatic amines is 2. The molecule has 2 aromatic heterocycles. The van der Waals surface area contributed by atoms with Crippen molar-refractivity contribution in [2.75, 3.05) is 53.6 Å². The second-order valence-corrected chi connectivity index (χ2v) is 22.0. The summed E-state index contributed by atoms with van der Waals surface area (Å²) in [6, 6.07) is 30.3. The Bertz CT molecular complexity index is 3050. The quantitative estimate of drug-likeness (QED) is 0.0427. The van der Waals surface area contributed by atoms with Gasteiger partial charge in [-0.2, -0.15) is 0 Å². The molecule has 4 amide bonds. The van der Waals surface area contributed by atoms with Gasteiger partial charge in [0.1, 0.15) is 34.8 Å². The van der Waals surface area contributed by atoms with Crippen LogP contribution in [0.1, 0.15) is 102 Å². The van der Waals surface area contributed by atoms with Crippen LogP contribution in [-0.4, -0.2) is 119 Å². The van der Waals surface area contributed by atoms with E-state index in [-0.39, 0.29) is 36.5 Å². The predicted octanol–water partition coefficient (Wildman–Crippen LogP) is 8.67. The predicted molar refractivity (Wildman–Crippen MR) is 308 cm³/mol. The van der Waals surface area contributed by atoms with Crippen molar-refractivity contribution in [2.24, 2.45) is 5.92 Å². The van der Waals surface area contributed by atoms with Gasteiger partial charge in [-0.1, -0.05) is 90.9 Å². The van der Waals surface area contributed by atoms with Crippen LogP contribution in [0.3, 0.4) is 0 Å². The van der Waals surface area contributed by atoms with Crippen molar-refractivity contribution in [3.05, 3.63) is 178 Å². The van der Waals surface area contributed by atoms with E-state index in [0.29, 0.717) is 64.4 Å². The number of hydrogen-bond acceptors (Lipinski definition) is 10. The molecule has 16 heteroatoms. The van der Waals surface area contributed by atoms with E-state index in [4.69, 9.17) is 18.9 Å². The highest BCUT2D eigenvalue weighted by molar-refractivity contribution is 5.89. The number of aromatic nitrogens is 4. The Morgan fingerprint density at radius 2 is 1.05 bits per heavy atom. The lowest BCUT2D eigenvalue weighted by molar-refractivity contribution is -0.181. The van der Waals surface area contributed by atoms with Crippen molar-refractivity contribution >= 4 is 23.6 Å². The van der Waals surface area contributed by atoms with Gasteiger partial charge in [0.05, 0.1) is 77.7 Å². The van der Waals surface area contributed by atoms with Crippen LogP contribution in [0.5, 0.6) is 11.5 Å². The standard InChI is InChI=1S/2C32H40N4O4/c1-22-7-4-5-10-27(22)32(40-18-25-8-6-9-25)19-36(20-32)31(38)29(17-24-11-13-26(39-3)14-12-24)35-30(37)16-15-28-23(2)33-21-34-28;1-22(2)16-17-40-32(27-9-7-6-8-23(27)3)19-36(20-32)31(38)29(18-25-10-12-26(39-5)13-11-25)35-30(37)15-14-28-24(4)33-21-34-28/h4-5,7,10-14,21,25,29H,6,8-9,15-20H2,1-3H3,(H,33,34)(H,35,37);6-13,16,21,29H,14-15,17-20H2,1-5H3,(H,33,34)(H,35,37). The minimum Gasteiger partial charge on any atom is -0.497 e. The lowest BCUT2D eigenvalue weighted by atomic mass is 9.81. The summed E-state index contributed by atoms with van der Waals surface area (Å²) >= 11 is 0. The Labute approximate surface area is 471 Å². The van der Waals surface area contributed by atoms with Crippen LogP contribution in [0.25, 0.3) is 0 Å². The molecule has 4 N–H and O–H groups in total. The van der Waals surface area contributed by atoms with Crippen molar-refractivity contribution in [1.29, 1.82) is 0 Å². The van der Waals surface area contributed by atoms with Crippen LogP contribution in [0.4, 0.5) is 0 Å². The number of rotatable bonds is 24. The topological polar surface area (TPSA) is 193 Å². The number of aryl methyl sites for hydroxylation is 6. The lowest BCUT2D eigenvalue weighted by Gasteiger charge is -2.52. The van der Waals surface area contributed by atoms with Crippen LogP contribution in [-0.2, 0) is 65.5 Å². The molecule has 80 heavy (non-hydrogen) atoms. The van der Waals surface area contributed by atoms with Crippen molar-refractivity contribution in [3.8, 4) is 11.5 Å². The number of nitrogens with one attached hydrogen (secondary N) is 4. The number of benzene rings is 4. The zero-order chi connectivity index (χ0) is 56.8. The number of H-pyrrole nitrogens is 2. The first-order valence-corrected chi connectivity index (χ1v) is 28.0. The number of amides is 4. The molecule has 424 valence electrons. The van der Waals surface area contributed by atoms with Gasteiger partial charge < -0.3 is 49.3 Å². The molecule has 3 fully saturated rings. The van der Waals surface area contributed by atoms with Crippen LogP contribution in [0.15, 0.2) is 121 Å². The molecule has 16 nitrogen and oxygen atoms in total. The van der Waals surface area contributed by atoms with E-state index in [2.05, 4.69) is 74.8 Å². The highest BCUT2D eigenvalue weighted by atomic mass is 16.5. The van der Waals surface area contributed by atoms with Crippen molar-refractivity contribution in [2.45, 2.75) is 123 Å². The molecule has 4 aromatic carbocycles. The third-order valence-electron chi connectivity index (χ3n) is 15.9. The summed E-state index contributed by atoms with van der Waals surface area (Å²) in [5.74, 6) is 1.54. The van der Waals surface area contributed by atoms with E-state index in [0.717, 1.165) is 68.7 Å². The van der Waals surface area contributed by atoms with Crippen LogP contribution in [0, 0.1) is 33.6 Å². The van der Waals surface area contributed by atoms with Crippen molar-refractivity contribution in [3.63, 3.8) is 0 Å². The molecule has 0 radical (unpaired) electrons. The summed E-state index contributed by atoms with van der Waals surface area (Å²) in [6.45, 7) is 15.1. The van der Waals surface area contributed by atoms with Gasteiger partial charge in [-0.15, -0.1) is 0 Å². The van der Waals surface area contributed by atoms with E-state index in [1.165, 1.54) is 30.4 Å². The van der Waals surface area contributed by atoms with Gasteiger partial charge >= 0.3 is 0 Å². The number of likely N-dealkylation sites (tertiary alicyclic amines) is 2. The zero-order valence-corrected chi connectivity index (χ0v) is 47.9. The highest BCUT2D eigenvalue weighted by Crippen LogP contribution is 2.41. The van der Waals surface area contributed by atoms with E-state index in [9.17, 15) is 19.2 Å². The van der Waals surface area contributed by atoms with Gasteiger partial charge in [-0.05, 0) is 118 Å². The number of carbonyl (C=O) groups excluding carboxylic acids is 4. The summed E-state index contributed by atoms with van der Waals surface area (Å²) in [6.07, 6.45) is 11.3. The molecule has 9 rings (SSSR count). The number of hydrogen-bond donors (Lipinski definition) is 4. The molecule has 0 spiro atoms. The van der Waals surface area contributed by atoms with Crippen molar-refractivity contribution < 1.29 is 38.1 Å². The second-order valence-electron chi connectivity index (χ2n) is 22.0. The minimum absolute atomic E-state index is 0.0865. The molecule has 4 heterocycles. The number of ether oxygens (including phenoxy) is 4. The second kappa shape index (κ2) is 27.1. The maximum atomic E-state index is 13.9. The van der Waals surface area contributed by atoms with Crippen LogP contribution in [0.2, 0.25) is 0 Å². The van der Waals surface area contributed by atoms with Gasteiger partial charge in [0, 0.05) is 49.9 Å². The smallest absolute Gasteiger partial charge is 0.245 e. The first kappa shape index (κ1) is 58.6. The molecule has 2 aliphatic heterocycles. The van der Waals surface area contributed by atoms with Gasteiger partial charge in [0.25, 0.3) is 0 Å². The Morgan fingerprint density at radius 3 is 1.41 bits per heavy atom. The van der Waals surface area contributed by atoms with Crippen LogP contribution >= 0.6 is 0 Å². The zero-order valence-electron chi connectivity index (χ0n) is 47.9. The monoisotopic (exact) mass is 1090 g/mol. The molecule has 2 saturated heterocycles. The number of carbonyl (C=O) groups is 4.